The largest absolute Gasteiger partial charge is 0.426 e. The zero-order valence-electron chi connectivity index (χ0n) is 10.2. The van der Waals surface area contributed by atoms with E-state index in [-0.39, 0.29) is 6.42 Å². The molecule has 0 rings (SSSR count). The summed E-state index contributed by atoms with van der Waals surface area (Å²) in [5.74, 6) is 2.38. The molecule has 0 aliphatic rings. The van der Waals surface area contributed by atoms with Crippen LogP contribution in [0.5, 0.6) is 0 Å². The molecule has 1 atom stereocenters. The zero-order valence-corrected chi connectivity index (χ0v) is 10.2. The minimum absolute atomic E-state index is 0.0989. The summed E-state index contributed by atoms with van der Waals surface area (Å²) in [5, 5.41) is 11.9. The second-order valence-electron chi connectivity index (χ2n) is 4.16. The molecule has 0 aromatic carbocycles. The SMILES string of the molecule is CCCCC[C@@H](/C=N/N)C(O)(C(F)(F)F)C(F)(F)F. The smallest absolute Gasteiger partial charge is 0.373 e. The number of nitrogens with zero attached hydrogens (tertiary/aromatic N) is 1. The summed E-state index contributed by atoms with van der Waals surface area (Å²) in [4.78, 5) is 0. The van der Waals surface area contributed by atoms with E-state index in [1.165, 1.54) is 0 Å². The highest BCUT2D eigenvalue weighted by Gasteiger charge is 2.73. The lowest BCUT2D eigenvalue weighted by Gasteiger charge is -2.37. The molecule has 0 amide bonds. The predicted molar refractivity (Wildman–Crippen MR) is 57.4 cm³/mol. The predicted octanol–water partition coefficient (Wildman–Crippen LogP) is 2.98. The topological polar surface area (TPSA) is 58.6 Å². The second-order valence-corrected chi connectivity index (χ2v) is 4.16. The molecule has 3 N–H and O–H groups in total. The summed E-state index contributed by atoms with van der Waals surface area (Å²) in [6.45, 7) is 1.74. The van der Waals surface area contributed by atoms with E-state index in [0.717, 1.165) is 0 Å². The minimum atomic E-state index is -5.86. The van der Waals surface area contributed by atoms with Crippen molar-refractivity contribution in [3.8, 4) is 0 Å². The summed E-state index contributed by atoms with van der Waals surface area (Å²) >= 11 is 0. The molecule has 19 heavy (non-hydrogen) atoms. The van der Waals surface area contributed by atoms with Gasteiger partial charge >= 0.3 is 12.4 Å². The van der Waals surface area contributed by atoms with E-state index >= 15 is 0 Å². The Hall–Kier alpha value is -0.990. The number of nitrogens with two attached hydrogens (primary N) is 1. The van der Waals surface area contributed by atoms with Gasteiger partial charge in [0.25, 0.3) is 5.60 Å². The minimum Gasteiger partial charge on any atom is -0.373 e. The lowest BCUT2D eigenvalue weighted by Crippen LogP contribution is -2.62. The summed E-state index contributed by atoms with van der Waals surface area (Å²) < 4.78 is 75.7. The third-order valence-corrected chi connectivity index (χ3v) is 2.79. The molecule has 0 heterocycles. The Balaban J connectivity index is 5.40. The first-order valence-corrected chi connectivity index (χ1v) is 5.61. The van der Waals surface area contributed by atoms with Crippen molar-refractivity contribution in [1.82, 2.24) is 0 Å². The molecule has 0 aromatic rings. The van der Waals surface area contributed by atoms with E-state index in [2.05, 4.69) is 10.9 Å². The van der Waals surface area contributed by atoms with Crippen LogP contribution < -0.4 is 5.84 Å². The lowest BCUT2D eigenvalue weighted by molar-refractivity contribution is -0.378. The Morgan fingerprint density at radius 1 is 1.11 bits per heavy atom. The fourth-order valence-corrected chi connectivity index (χ4v) is 1.69. The van der Waals surface area contributed by atoms with E-state index < -0.39 is 30.3 Å². The van der Waals surface area contributed by atoms with Crippen LogP contribution in [0.1, 0.15) is 32.6 Å². The lowest BCUT2D eigenvalue weighted by atomic mass is 9.83. The van der Waals surface area contributed by atoms with Crippen molar-refractivity contribution in [2.75, 3.05) is 0 Å². The van der Waals surface area contributed by atoms with Crippen molar-refractivity contribution in [2.45, 2.75) is 50.6 Å². The molecule has 0 saturated carbocycles. The van der Waals surface area contributed by atoms with Crippen molar-refractivity contribution >= 4 is 6.21 Å². The Labute approximate surface area is 106 Å². The zero-order chi connectivity index (χ0) is 15.3. The summed E-state index contributed by atoms with van der Waals surface area (Å²) in [5.41, 5.74) is -4.84. The van der Waals surface area contributed by atoms with Crippen molar-refractivity contribution in [3.05, 3.63) is 0 Å². The van der Waals surface area contributed by atoms with Crippen LogP contribution >= 0.6 is 0 Å². The van der Waals surface area contributed by atoms with Crippen LogP contribution in [-0.2, 0) is 0 Å². The van der Waals surface area contributed by atoms with E-state index in [1.54, 1.807) is 6.92 Å². The highest BCUT2D eigenvalue weighted by Crippen LogP contribution is 2.48. The number of hydrogen-bond acceptors (Lipinski definition) is 3. The van der Waals surface area contributed by atoms with Gasteiger partial charge in [-0.3, -0.25) is 0 Å². The van der Waals surface area contributed by atoms with Crippen molar-refractivity contribution < 1.29 is 31.4 Å². The molecule has 0 radical (unpaired) electrons. The molecule has 0 spiro atoms. The van der Waals surface area contributed by atoms with Crippen LogP contribution in [-0.4, -0.2) is 29.3 Å². The van der Waals surface area contributed by atoms with E-state index in [0.29, 0.717) is 19.1 Å². The molecule has 114 valence electrons. The third-order valence-electron chi connectivity index (χ3n) is 2.79. The van der Waals surface area contributed by atoms with Gasteiger partial charge in [0.2, 0.25) is 0 Å². The van der Waals surface area contributed by atoms with E-state index in [1.807, 2.05) is 0 Å². The monoisotopic (exact) mass is 294 g/mol. The van der Waals surface area contributed by atoms with Gasteiger partial charge in [-0.05, 0) is 6.42 Å². The molecule has 9 heteroatoms. The number of rotatable bonds is 6. The molecule has 3 nitrogen and oxygen atoms in total. The maximum Gasteiger partial charge on any atom is 0.426 e. The summed E-state index contributed by atoms with van der Waals surface area (Å²) in [6.07, 6.45) is -10.8. The number of aliphatic hydroxyl groups is 1. The van der Waals surface area contributed by atoms with Gasteiger partial charge in [-0.15, -0.1) is 0 Å². The molecule has 0 aromatic heterocycles. The highest BCUT2D eigenvalue weighted by molar-refractivity contribution is 5.62. The molecular formula is C10H16F6N2O. The van der Waals surface area contributed by atoms with Gasteiger partial charge < -0.3 is 10.9 Å². The number of hydrazone groups is 1. The van der Waals surface area contributed by atoms with Crippen molar-refractivity contribution in [1.29, 1.82) is 0 Å². The molecule has 0 fully saturated rings. The molecule has 0 saturated heterocycles. The van der Waals surface area contributed by atoms with Gasteiger partial charge in [0.1, 0.15) is 0 Å². The van der Waals surface area contributed by atoms with Crippen molar-refractivity contribution in [3.63, 3.8) is 0 Å². The molecule has 0 aliphatic carbocycles. The summed E-state index contributed by atoms with van der Waals surface area (Å²) in [7, 11) is 0. The van der Waals surface area contributed by atoms with Gasteiger partial charge in [-0.2, -0.15) is 31.4 Å². The van der Waals surface area contributed by atoms with Crippen LogP contribution in [0, 0.1) is 5.92 Å². The van der Waals surface area contributed by atoms with Crippen LogP contribution in [0.15, 0.2) is 5.10 Å². The Bertz CT molecular complexity index is 285. The standard InChI is InChI=1S/C10H16F6N2O/c1-2-3-4-5-7(6-18-17)8(19,9(11,12)13)10(14,15)16/h6-7,19H,2-5,17H2,1H3/b18-6+/t7-/m0/s1. The molecule has 0 unspecified atom stereocenters. The van der Waals surface area contributed by atoms with Crippen molar-refractivity contribution in [2.24, 2.45) is 16.9 Å². The maximum absolute atomic E-state index is 12.6. The highest BCUT2D eigenvalue weighted by atomic mass is 19.4. The first-order chi connectivity index (χ1) is 8.52. The Kier molecular flexibility index (Phi) is 6.11. The number of alkyl halides is 6. The maximum atomic E-state index is 12.6. The third kappa shape index (κ3) is 3.99. The van der Waals surface area contributed by atoms with Crippen LogP contribution in [0.2, 0.25) is 0 Å². The average molecular weight is 294 g/mol. The van der Waals surface area contributed by atoms with Crippen LogP contribution in [0.3, 0.4) is 0 Å². The number of unbranched alkanes of at least 4 members (excludes halogenated alkanes) is 2. The second kappa shape index (κ2) is 6.44. The molecule has 0 aliphatic heterocycles. The van der Waals surface area contributed by atoms with E-state index in [9.17, 15) is 31.4 Å². The first-order valence-electron chi connectivity index (χ1n) is 5.61. The Morgan fingerprint density at radius 2 is 1.58 bits per heavy atom. The average Bonchev–Trinajstić information content (AvgIpc) is 2.24. The van der Waals surface area contributed by atoms with Gasteiger partial charge in [-0.1, -0.05) is 26.2 Å². The van der Waals surface area contributed by atoms with Gasteiger partial charge in [-0.25, -0.2) is 0 Å². The fourth-order valence-electron chi connectivity index (χ4n) is 1.69. The van der Waals surface area contributed by atoms with Gasteiger partial charge in [0.15, 0.2) is 0 Å². The first kappa shape index (κ1) is 18.0. The fraction of sp³-hybridized carbons (Fsp3) is 0.900. The quantitative estimate of drug-likeness (QED) is 0.260. The molecular weight excluding hydrogens is 278 g/mol. The Morgan fingerprint density at radius 3 is 1.89 bits per heavy atom. The van der Waals surface area contributed by atoms with Crippen LogP contribution in [0.4, 0.5) is 26.3 Å². The molecule has 0 bridgehead atoms. The summed E-state index contributed by atoms with van der Waals surface area (Å²) in [6, 6.07) is 0. The van der Waals surface area contributed by atoms with Crippen LogP contribution in [0.25, 0.3) is 0 Å². The van der Waals surface area contributed by atoms with Gasteiger partial charge in [0, 0.05) is 12.1 Å². The number of halogens is 6. The number of hydrogen-bond donors (Lipinski definition) is 2. The van der Waals surface area contributed by atoms with Gasteiger partial charge in [0.05, 0.1) is 0 Å². The van der Waals surface area contributed by atoms with E-state index in [4.69, 9.17) is 0 Å². The normalized spacial score (nSPS) is 16.0.